The Morgan fingerprint density at radius 2 is 1.51 bits per heavy atom. The number of carbonyl (C=O) groups excluding carboxylic acids is 3. The monoisotopic (exact) mass is 650 g/mol. The highest BCUT2D eigenvalue weighted by atomic mass is 32.1. The first-order valence-corrected chi connectivity index (χ1v) is 17.3. The Morgan fingerprint density at radius 1 is 0.809 bits per heavy atom. The predicted octanol–water partition coefficient (Wildman–Crippen LogP) is 6.32. The summed E-state index contributed by atoms with van der Waals surface area (Å²) in [6, 6.07) is 25.2. The molecule has 2 heterocycles. The van der Waals surface area contributed by atoms with Gasteiger partial charge in [0.15, 0.2) is 0 Å². The van der Waals surface area contributed by atoms with Gasteiger partial charge in [0.2, 0.25) is 0 Å². The molecule has 1 aliphatic heterocycles. The second-order valence-corrected chi connectivity index (χ2v) is 13.4. The first kappa shape index (κ1) is 32.6. The van der Waals surface area contributed by atoms with Crippen LogP contribution >= 0.6 is 11.3 Å². The van der Waals surface area contributed by atoms with Gasteiger partial charge in [0.1, 0.15) is 5.00 Å². The fraction of sp³-hybridized carbons (Fsp3) is 0.342. The summed E-state index contributed by atoms with van der Waals surface area (Å²) in [5, 5.41) is 6.66. The fourth-order valence-electron chi connectivity index (χ4n) is 6.18. The van der Waals surface area contributed by atoms with Crippen LogP contribution in [0.1, 0.15) is 65.5 Å². The maximum Gasteiger partial charge on any atom is 0.258 e. The molecule has 0 unspecified atom stereocenters. The van der Waals surface area contributed by atoms with E-state index in [1.54, 1.807) is 36.2 Å². The minimum absolute atomic E-state index is 0.134. The van der Waals surface area contributed by atoms with E-state index in [0.717, 1.165) is 74.3 Å². The van der Waals surface area contributed by atoms with E-state index in [2.05, 4.69) is 51.9 Å². The van der Waals surface area contributed by atoms with Gasteiger partial charge in [0.25, 0.3) is 17.7 Å². The highest BCUT2D eigenvalue weighted by Gasteiger charge is 2.27. The van der Waals surface area contributed by atoms with E-state index in [0.29, 0.717) is 41.4 Å². The van der Waals surface area contributed by atoms with Gasteiger partial charge in [-0.1, -0.05) is 48.5 Å². The zero-order valence-corrected chi connectivity index (χ0v) is 27.7. The van der Waals surface area contributed by atoms with Crippen molar-refractivity contribution in [2.24, 2.45) is 0 Å². The van der Waals surface area contributed by atoms with Crippen LogP contribution in [0.4, 0.5) is 10.7 Å². The van der Waals surface area contributed by atoms with Gasteiger partial charge in [-0.2, -0.15) is 0 Å². The molecular formula is C38H42N4O4S. The van der Waals surface area contributed by atoms with E-state index >= 15 is 0 Å². The number of hydrogen-bond acceptors (Lipinski definition) is 6. The van der Waals surface area contributed by atoms with E-state index in [1.807, 2.05) is 18.2 Å². The van der Waals surface area contributed by atoms with Gasteiger partial charge in [0.05, 0.1) is 18.8 Å². The maximum atomic E-state index is 13.8. The lowest BCUT2D eigenvalue weighted by molar-refractivity contribution is 0.0338. The molecule has 1 saturated heterocycles. The summed E-state index contributed by atoms with van der Waals surface area (Å²) in [6.45, 7) is 4.53. The van der Waals surface area contributed by atoms with Gasteiger partial charge >= 0.3 is 0 Å². The summed E-state index contributed by atoms with van der Waals surface area (Å²) < 4.78 is 5.41. The highest BCUT2D eigenvalue weighted by Crippen LogP contribution is 2.39. The molecule has 1 aromatic heterocycles. The lowest BCUT2D eigenvalue weighted by Crippen LogP contribution is -2.41. The van der Waals surface area contributed by atoms with E-state index in [4.69, 9.17) is 4.74 Å². The minimum Gasteiger partial charge on any atom is -0.379 e. The van der Waals surface area contributed by atoms with Crippen LogP contribution in [0, 0.1) is 0 Å². The molecule has 1 fully saturated rings. The van der Waals surface area contributed by atoms with E-state index in [-0.39, 0.29) is 17.7 Å². The summed E-state index contributed by atoms with van der Waals surface area (Å²) in [4.78, 5) is 45.7. The molecule has 0 bridgehead atoms. The molecule has 0 spiro atoms. The van der Waals surface area contributed by atoms with Crippen LogP contribution in [0.5, 0.6) is 0 Å². The molecule has 3 aromatic carbocycles. The molecule has 8 nitrogen and oxygen atoms in total. The molecule has 2 N–H and O–H groups in total. The van der Waals surface area contributed by atoms with Gasteiger partial charge in [0, 0.05) is 54.9 Å². The van der Waals surface area contributed by atoms with Crippen LogP contribution in [0.3, 0.4) is 0 Å². The molecule has 2 aliphatic rings. The quantitative estimate of drug-likeness (QED) is 0.198. The summed E-state index contributed by atoms with van der Waals surface area (Å²) in [7, 11) is 1.79. The average molecular weight is 651 g/mol. The van der Waals surface area contributed by atoms with Crippen LogP contribution in [-0.2, 0) is 30.4 Å². The topological polar surface area (TPSA) is 91.0 Å². The Kier molecular flexibility index (Phi) is 10.8. The lowest BCUT2D eigenvalue weighted by Gasteiger charge is -2.28. The number of thiophene rings is 1. The van der Waals surface area contributed by atoms with Crippen molar-refractivity contribution in [3.8, 4) is 0 Å². The SMILES string of the molecule is CN(CCN1CCOCC1)C(=O)c1cccc(C(=O)Nc2sc3c(c2C(=O)Nc2ccc(CCc4ccccc4)cc2)CCCC3)c1. The molecule has 0 atom stereocenters. The number of fused-ring (bicyclic) bond motifs is 1. The second kappa shape index (κ2) is 15.5. The molecule has 47 heavy (non-hydrogen) atoms. The van der Waals surface area contributed by atoms with Gasteiger partial charge in [-0.3, -0.25) is 19.3 Å². The third kappa shape index (κ3) is 8.35. The zero-order valence-electron chi connectivity index (χ0n) is 26.9. The van der Waals surface area contributed by atoms with Crippen LogP contribution in [0.25, 0.3) is 0 Å². The number of likely N-dealkylation sites (N-methyl/N-ethyl adjacent to an activating group) is 1. The Balaban J connectivity index is 1.12. The molecular weight excluding hydrogens is 609 g/mol. The zero-order chi connectivity index (χ0) is 32.6. The van der Waals surface area contributed by atoms with Crippen LogP contribution in [-0.4, -0.2) is 74.0 Å². The van der Waals surface area contributed by atoms with Crippen molar-refractivity contribution in [3.63, 3.8) is 0 Å². The standard InChI is InChI=1S/C38H42N4O4S/c1-41(20-21-42-22-24-46-25-23-42)38(45)30-11-7-10-29(26-30)35(43)40-37-34(32-12-5-6-13-33(32)47-37)36(44)39-31-18-16-28(17-19-31)15-14-27-8-3-2-4-9-27/h2-4,7-11,16-19,26H,5-6,12-15,20-25H2,1H3,(H,39,44)(H,40,43). The summed E-state index contributed by atoms with van der Waals surface area (Å²) in [5.74, 6) is -0.695. The van der Waals surface area contributed by atoms with Crippen molar-refractivity contribution in [1.29, 1.82) is 0 Å². The van der Waals surface area contributed by atoms with Crippen LogP contribution in [0.2, 0.25) is 0 Å². The number of nitrogens with zero attached hydrogens (tertiary/aromatic N) is 2. The normalized spacial score (nSPS) is 14.7. The smallest absolute Gasteiger partial charge is 0.258 e. The average Bonchev–Trinajstić information content (AvgIpc) is 3.48. The summed E-state index contributed by atoms with van der Waals surface area (Å²) >= 11 is 1.48. The van der Waals surface area contributed by atoms with E-state index in [9.17, 15) is 14.4 Å². The minimum atomic E-state index is -0.342. The van der Waals surface area contributed by atoms with Crippen molar-refractivity contribution in [3.05, 3.63) is 117 Å². The largest absolute Gasteiger partial charge is 0.379 e. The van der Waals surface area contributed by atoms with E-state index in [1.165, 1.54) is 22.5 Å². The Morgan fingerprint density at radius 3 is 2.28 bits per heavy atom. The number of benzene rings is 3. The third-order valence-electron chi connectivity index (χ3n) is 8.96. The third-order valence-corrected chi connectivity index (χ3v) is 10.2. The number of rotatable bonds is 11. The molecule has 244 valence electrons. The Bertz CT molecular complexity index is 1700. The first-order valence-electron chi connectivity index (χ1n) is 16.5. The Hall–Kier alpha value is -4.31. The van der Waals surface area contributed by atoms with E-state index < -0.39 is 0 Å². The van der Waals surface area contributed by atoms with Crippen molar-refractivity contribution in [2.75, 3.05) is 57.1 Å². The summed E-state index contributed by atoms with van der Waals surface area (Å²) in [6.07, 6.45) is 5.66. The number of amides is 3. The second-order valence-electron chi connectivity index (χ2n) is 12.3. The Labute approximate surface area is 280 Å². The predicted molar refractivity (Wildman–Crippen MR) is 188 cm³/mol. The number of nitrogens with one attached hydrogen (secondary N) is 2. The molecule has 9 heteroatoms. The number of hydrogen-bond donors (Lipinski definition) is 2. The molecule has 1 aliphatic carbocycles. The number of anilines is 2. The number of carbonyl (C=O) groups is 3. The fourth-order valence-corrected chi connectivity index (χ4v) is 7.46. The van der Waals surface area contributed by atoms with Gasteiger partial charge < -0.3 is 20.3 Å². The van der Waals surface area contributed by atoms with Crippen molar-refractivity contribution < 1.29 is 19.1 Å². The van der Waals surface area contributed by atoms with Gasteiger partial charge in [-0.05, 0) is 85.5 Å². The highest BCUT2D eigenvalue weighted by molar-refractivity contribution is 7.17. The molecule has 0 saturated carbocycles. The van der Waals surface area contributed by atoms with Crippen molar-refractivity contribution in [2.45, 2.75) is 38.5 Å². The van der Waals surface area contributed by atoms with Gasteiger partial charge in [-0.25, -0.2) is 0 Å². The molecule has 0 radical (unpaired) electrons. The molecule has 3 amide bonds. The van der Waals surface area contributed by atoms with Crippen LogP contribution < -0.4 is 10.6 Å². The van der Waals surface area contributed by atoms with Gasteiger partial charge in [-0.15, -0.1) is 11.3 Å². The number of ether oxygens (including phenoxy) is 1. The van der Waals surface area contributed by atoms with Crippen molar-refractivity contribution in [1.82, 2.24) is 9.80 Å². The number of aryl methyl sites for hydroxylation is 3. The molecule has 6 rings (SSSR count). The maximum absolute atomic E-state index is 13.8. The first-order chi connectivity index (χ1) is 22.9. The van der Waals surface area contributed by atoms with Crippen molar-refractivity contribution >= 4 is 39.7 Å². The lowest BCUT2D eigenvalue weighted by atomic mass is 9.95. The van der Waals surface area contributed by atoms with Crippen LogP contribution in [0.15, 0.2) is 78.9 Å². The number of morpholine rings is 1. The molecule has 4 aromatic rings. The summed E-state index contributed by atoms with van der Waals surface area (Å²) in [5.41, 5.74) is 5.62.